The number of amides is 2. The third kappa shape index (κ3) is 14.7. The number of carbonyl (C=O) groups is 3. The van der Waals surface area contributed by atoms with Gasteiger partial charge in [-0.3, -0.25) is 9.59 Å². The standard InChI is InChI=1S/C52H72N4O12/c1-6-7-8-9-10-11-12-13-14-15-16-17-18-19-41(58)40(32-66-52-49(62)48(61)47(60)44(31-57)68-52)54-45(59)26-27-53-50(63)33-20-23-36(51(64)65)39(28-33)46-37-24-21-34(55(2)3)29-42(37)67-43-30-35(56(4)5)22-25-38(43)46/h18-25,28-30,40-41,44,47-49,52,57-58,60-62H,6-17,26-27,31-32H2,1-5H3,(H2-,53,54,59,63,64,65)/p+1/b19-18+/t40-,41+,44+,47+,48-,49+,52+/m0/s1. The maximum atomic E-state index is 13.7. The van der Waals surface area contributed by atoms with Crippen LogP contribution in [0.2, 0.25) is 0 Å². The first kappa shape index (κ1) is 53.8. The van der Waals surface area contributed by atoms with Gasteiger partial charge in [0.25, 0.3) is 5.91 Å². The second kappa shape index (κ2) is 26.5. The van der Waals surface area contributed by atoms with Crippen LogP contribution in [0.5, 0.6) is 0 Å². The summed E-state index contributed by atoms with van der Waals surface area (Å²) in [6.45, 7) is 1.06. The predicted octanol–water partition coefficient (Wildman–Crippen LogP) is 5.04. The van der Waals surface area contributed by atoms with Crippen molar-refractivity contribution in [2.24, 2.45) is 0 Å². The number of nitrogens with zero attached hydrogens (tertiary/aromatic N) is 2. The lowest BCUT2D eigenvalue weighted by Gasteiger charge is -2.40. The van der Waals surface area contributed by atoms with Crippen molar-refractivity contribution >= 4 is 34.4 Å². The number of carbonyl (C=O) groups excluding carboxylic acids is 2. The van der Waals surface area contributed by atoms with E-state index in [-0.39, 0.29) is 30.7 Å². The molecule has 1 fully saturated rings. The van der Waals surface area contributed by atoms with E-state index >= 15 is 0 Å². The number of allylic oxidation sites excluding steroid dienone is 1. The summed E-state index contributed by atoms with van der Waals surface area (Å²) in [5.41, 5.74) is 3.06. The highest BCUT2D eigenvalue weighted by Gasteiger charge is 2.44. The van der Waals surface area contributed by atoms with Crippen LogP contribution < -0.4 is 25.5 Å². The Morgan fingerprint density at radius 2 is 1.54 bits per heavy atom. The molecule has 372 valence electrons. The van der Waals surface area contributed by atoms with Crippen molar-refractivity contribution in [1.29, 1.82) is 0 Å². The van der Waals surface area contributed by atoms with Crippen molar-refractivity contribution in [2.75, 3.05) is 52.8 Å². The molecule has 16 heteroatoms. The van der Waals surface area contributed by atoms with E-state index in [1.165, 1.54) is 69.6 Å². The van der Waals surface area contributed by atoms with Gasteiger partial charge in [0.05, 0.1) is 37.0 Å². The quantitative estimate of drug-likeness (QED) is 0.0179. The van der Waals surface area contributed by atoms with Gasteiger partial charge in [-0.1, -0.05) is 83.3 Å². The van der Waals surface area contributed by atoms with E-state index in [1.807, 2.05) is 80.1 Å². The summed E-state index contributed by atoms with van der Waals surface area (Å²) in [7, 11) is 7.63. The number of aliphatic hydroxyl groups is 5. The molecule has 2 aromatic carbocycles. The molecule has 0 spiro atoms. The molecule has 2 aromatic rings. The maximum absolute atomic E-state index is 13.7. The van der Waals surface area contributed by atoms with Gasteiger partial charge in [-0.05, 0) is 54.8 Å². The minimum Gasteiger partial charge on any atom is -0.478 e. The van der Waals surface area contributed by atoms with Crippen molar-refractivity contribution in [3.63, 3.8) is 0 Å². The number of ether oxygens (including phenoxy) is 2. The topological polar surface area (TPSA) is 234 Å². The van der Waals surface area contributed by atoms with E-state index in [4.69, 9.17) is 13.9 Å². The van der Waals surface area contributed by atoms with Crippen LogP contribution >= 0.6 is 0 Å². The van der Waals surface area contributed by atoms with Gasteiger partial charge in [-0.25, -0.2) is 9.37 Å². The Morgan fingerprint density at radius 3 is 2.19 bits per heavy atom. The molecule has 0 saturated carbocycles. The number of nitrogens with one attached hydrogen (secondary N) is 2. The van der Waals surface area contributed by atoms with Crippen LogP contribution in [0, 0.1) is 0 Å². The van der Waals surface area contributed by atoms with E-state index in [9.17, 15) is 45.0 Å². The molecule has 0 unspecified atom stereocenters. The molecule has 2 amide bonds. The number of hydrogen-bond donors (Lipinski definition) is 8. The SMILES string of the molecule is CCCCCCCCCCCCC/C=C/[C@@H](O)[C@H](CO[C@@H]1O[C@H](CO)[C@@H](O)[C@H](O)[C@H]1O)NC(=O)CCNC(=O)c1ccc(C(=O)O)c(-c2c3ccc(=[N+](C)C)cc-3oc3cc(N(C)C)ccc23)c1. The summed E-state index contributed by atoms with van der Waals surface area (Å²) in [5.74, 6) is -1.76. The molecule has 0 bridgehead atoms. The van der Waals surface area contributed by atoms with Crippen LogP contribution in [0.25, 0.3) is 33.4 Å². The fourth-order valence-electron chi connectivity index (χ4n) is 8.39. The summed E-state index contributed by atoms with van der Waals surface area (Å²) in [6.07, 6.45) is 8.30. The average Bonchev–Trinajstić information content (AvgIpc) is 3.32. The number of carboxylic acids is 1. The number of aliphatic hydroxyl groups excluding tert-OH is 5. The van der Waals surface area contributed by atoms with Gasteiger partial charge in [-0.15, -0.1) is 0 Å². The zero-order valence-corrected chi connectivity index (χ0v) is 40.2. The van der Waals surface area contributed by atoms with Crippen LogP contribution in [0.15, 0.2) is 71.2 Å². The molecule has 2 aliphatic heterocycles. The predicted molar refractivity (Wildman–Crippen MR) is 262 cm³/mol. The Bertz CT molecular complexity index is 2340. The van der Waals surface area contributed by atoms with Gasteiger partial charge >= 0.3 is 5.97 Å². The zero-order chi connectivity index (χ0) is 49.3. The van der Waals surface area contributed by atoms with Gasteiger partial charge in [0.2, 0.25) is 11.3 Å². The summed E-state index contributed by atoms with van der Waals surface area (Å²) >= 11 is 0. The van der Waals surface area contributed by atoms with Crippen molar-refractivity contribution in [3.8, 4) is 22.5 Å². The number of unbranched alkanes of at least 4 members (excludes halogenated alkanes) is 11. The van der Waals surface area contributed by atoms with Crippen LogP contribution in [-0.4, -0.2) is 139 Å². The van der Waals surface area contributed by atoms with Gasteiger partial charge in [0.1, 0.15) is 49.9 Å². The van der Waals surface area contributed by atoms with E-state index in [0.717, 1.165) is 30.3 Å². The lowest BCUT2D eigenvalue weighted by atomic mass is 9.89. The van der Waals surface area contributed by atoms with E-state index in [0.29, 0.717) is 39.8 Å². The number of benzene rings is 3. The highest BCUT2D eigenvalue weighted by Crippen LogP contribution is 2.42. The van der Waals surface area contributed by atoms with Crippen LogP contribution in [0.3, 0.4) is 0 Å². The fourth-order valence-corrected chi connectivity index (χ4v) is 8.39. The Balaban J connectivity index is 1.26. The average molecular weight is 946 g/mol. The molecule has 68 heavy (non-hydrogen) atoms. The highest BCUT2D eigenvalue weighted by molar-refractivity contribution is 6.09. The van der Waals surface area contributed by atoms with Crippen LogP contribution in [0.4, 0.5) is 5.69 Å². The Labute approximate surface area is 399 Å². The van der Waals surface area contributed by atoms with Crippen molar-refractivity contribution in [3.05, 3.63) is 83.2 Å². The van der Waals surface area contributed by atoms with Crippen LogP contribution in [-0.2, 0) is 14.3 Å². The first-order valence-corrected chi connectivity index (χ1v) is 24.1. The summed E-state index contributed by atoms with van der Waals surface area (Å²) < 4.78 is 19.6. The molecule has 0 radical (unpaired) electrons. The largest absolute Gasteiger partial charge is 0.478 e. The number of anilines is 1. The molecule has 0 aromatic heterocycles. The molecule has 1 aliphatic carbocycles. The second-order valence-electron chi connectivity index (χ2n) is 18.1. The zero-order valence-electron chi connectivity index (χ0n) is 40.2. The molecule has 7 atom stereocenters. The third-order valence-corrected chi connectivity index (χ3v) is 12.5. The number of fused-ring (bicyclic) bond motifs is 2. The third-order valence-electron chi connectivity index (χ3n) is 12.5. The summed E-state index contributed by atoms with van der Waals surface area (Å²) in [4.78, 5) is 41.8. The number of hydrogen-bond acceptors (Lipinski definition) is 12. The van der Waals surface area contributed by atoms with E-state index in [1.54, 1.807) is 6.08 Å². The Kier molecular flexibility index (Phi) is 21.0. The normalized spacial score (nSPS) is 19.3. The second-order valence-corrected chi connectivity index (χ2v) is 18.1. The van der Waals surface area contributed by atoms with Crippen molar-refractivity contribution in [2.45, 2.75) is 133 Å². The molecular weight excluding hydrogens is 873 g/mol. The first-order chi connectivity index (χ1) is 32.6. The van der Waals surface area contributed by atoms with Gasteiger partial charge in [0, 0.05) is 67.0 Å². The molecule has 5 rings (SSSR count). The molecule has 1 saturated heterocycles. The monoisotopic (exact) mass is 946 g/mol. The minimum atomic E-state index is -1.68. The van der Waals surface area contributed by atoms with Gasteiger partial charge in [-0.2, -0.15) is 0 Å². The summed E-state index contributed by atoms with van der Waals surface area (Å²) in [6, 6.07) is 14.6. The molecule has 2 heterocycles. The van der Waals surface area contributed by atoms with Crippen LogP contribution in [0.1, 0.15) is 111 Å². The lowest BCUT2D eigenvalue weighted by Crippen LogP contribution is -2.60. The van der Waals surface area contributed by atoms with E-state index < -0.39 is 67.2 Å². The summed E-state index contributed by atoms with van der Waals surface area (Å²) in [5, 5.41) is 69.3. The van der Waals surface area contributed by atoms with Crippen molar-refractivity contribution < 1.29 is 58.9 Å². The molecule has 16 nitrogen and oxygen atoms in total. The maximum Gasteiger partial charge on any atom is 0.336 e. The number of carboxylic acid groups (broad SMARTS) is 1. The minimum absolute atomic E-state index is 0.0218. The molecule has 3 aliphatic rings. The first-order valence-electron chi connectivity index (χ1n) is 24.1. The fraction of sp³-hybridized carbons (Fsp3) is 0.538. The van der Waals surface area contributed by atoms with Gasteiger partial charge in [0.15, 0.2) is 6.29 Å². The Morgan fingerprint density at radius 1 is 0.853 bits per heavy atom. The molecule has 8 N–H and O–H groups in total. The number of aromatic carboxylic acids is 1. The lowest BCUT2D eigenvalue weighted by molar-refractivity contribution is -0.302. The molecular formula is C52H73N4O12+. The van der Waals surface area contributed by atoms with Gasteiger partial charge < -0.3 is 60.1 Å². The smallest absolute Gasteiger partial charge is 0.336 e. The number of rotatable bonds is 26. The van der Waals surface area contributed by atoms with Crippen molar-refractivity contribution in [1.82, 2.24) is 15.2 Å². The highest BCUT2D eigenvalue weighted by atomic mass is 16.7. The Hall–Kier alpha value is -5.20. The van der Waals surface area contributed by atoms with E-state index in [2.05, 4.69) is 17.6 Å².